The highest BCUT2D eigenvalue weighted by Crippen LogP contribution is 2.38. The number of hydrogen-bond donors (Lipinski definition) is 5. The summed E-state index contributed by atoms with van der Waals surface area (Å²) >= 11 is 12.8. The van der Waals surface area contributed by atoms with Gasteiger partial charge in [0.1, 0.15) is 23.7 Å². The molecule has 6 unspecified atom stereocenters. The van der Waals surface area contributed by atoms with Crippen LogP contribution in [0.15, 0.2) is 164 Å². The molecule has 0 spiro atoms. The van der Waals surface area contributed by atoms with Crippen LogP contribution in [0.25, 0.3) is 21.5 Å². The Morgan fingerprint density at radius 3 is 1.80 bits per heavy atom. The average Bonchev–Trinajstić information content (AvgIpc) is 1.64. The van der Waals surface area contributed by atoms with Crippen LogP contribution >= 0.6 is 23.2 Å². The molecule has 0 bridgehead atoms. The maximum absolute atomic E-state index is 14.8. The van der Waals surface area contributed by atoms with E-state index < -0.39 is 35.5 Å². The fraction of sp³-hybridized carbons (Fsp3) is 0.380. The van der Waals surface area contributed by atoms with Crippen LogP contribution in [-0.2, 0) is 53.6 Å². The van der Waals surface area contributed by atoms with Gasteiger partial charge in [-0.05, 0) is 120 Å². The fourth-order valence-corrected chi connectivity index (χ4v) is 13.6. The zero-order valence-corrected chi connectivity index (χ0v) is 51.9. The van der Waals surface area contributed by atoms with E-state index in [2.05, 4.69) is 10.6 Å². The van der Waals surface area contributed by atoms with Crippen molar-refractivity contribution < 1.29 is 33.9 Å². The van der Waals surface area contributed by atoms with E-state index in [1.807, 2.05) is 128 Å². The molecule has 1 aliphatic carbocycles. The van der Waals surface area contributed by atoms with Crippen molar-refractivity contribution in [3.8, 4) is 0 Å². The summed E-state index contributed by atoms with van der Waals surface area (Å²) in [6, 6.07) is 49.0. The highest BCUT2D eigenvalue weighted by atomic mass is 35.5. The lowest BCUT2D eigenvalue weighted by molar-refractivity contribution is -0.154. The summed E-state index contributed by atoms with van der Waals surface area (Å²) in [5, 5.41) is 21.8. The number of benzene rings is 7. The number of aliphatic hydroxyl groups is 1. The normalized spacial score (nSPS) is 19.5. The maximum Gasteiger partial charge on any atom is 0.253 e. The monoisotopic (exact) mass is 1230 g/mol. The van der Waals surface area contributed by atoms with Crippen molar-refractivity contribution in [3.63, 3.8) is 0 Å². The van der Waals surface area contributed by atoms with Crippen LogP contribution in [0.2, 0.25) is 10.0 Å². The number of amides is 6. The van der Waals surface area contributed by atoms with Crippen molar-refractivity contribution >= 4 is 80.2 Å². The van der Waals surface area contributed by atoms with Crippen molar-refractivity contribution in [3.05, 3.63) is 202 Å². The van der Waals surface area contributed by atoms with Gasteiger partial charge in [-0.3, -0.25) is 28.8 Å². The summed E-state index contributed by atoms with van der Waals surface area (Å²) in [7, 11) is 0. The summed E-state index contributed by atoms with van der Waals surface area (Å²) < 4.78 is 0. The van der Waals surface area contributed by atoms with Gasteiger partial charge in [0.2, 0.25) is 23.6 Å². The predicted molar refractivity (Wildman–Crippen MR) is 348 cm³/mol. The van der Waals surface area contributed by atoms with Gasteiger partial charge in [0.25, 0.3) is 11.8 Å². The molecule has 7 N–H and O–H groups in total. The fourth-order valence-electron chi connectivity index (χ4n) is 13.2. The standard InChI is InChI=1S/C37H41ClN4O4.C34H41ClN4O3/c1-37(29-15-8-16-30(38)24-29)36(46)41(33(35(39)45)23-28-14-7-13-27-12-5-6-17-32(27)28)20-9-21-42(37)34(44)18-19-40-31(25-43)22-26-10-3-2-4-11-26;1-23-18-20-38(30(33(36)41)22-25-11-7-10-24-9-5-6-16-29(24)25)34(42)32(26-12-8-13-27(35)21-26)39(23)31(40)17-19-37-28-14-3-2-4-15-28/h2-8,10-17,24,31,33,40,43H,9,18-23,25H2,1H3,(H2,39,45);5-13,16,21,23,28,30,32,37H,2-4,14-15,17-20,22H2,1H3,(H2,36,41). The Balaban J connectivity index is 0.000000210. The molecular formula is C71H82Cl2N8O7. The number of nitrogens with zero attached hydrogens (tertiary/aromatic N) is 4. The molecule has 15 nitrogen and oxygen atoms in total. The van der Waals surface area contributed by atoms with Crippen LogP contribution in [-0.4, -0.2) is 130 Å². The molecule has 0 aromatic heterocycles. The molecule has 6 atom stereocenters. The van der Waals surface area contributed by atoms with Gasteiger partial charge in [-0.25, -0.2) is 0 Å². The molecule has 3 fully saturated rings. The Hall–Kier alpha value is -7.66. The molecule has 7 aromatic carbocycles. The van der Waals surface area contributed by atoms with Gasteiger partial charge in [-0.2, -0.15) is 0 Å². The summed E-state index contributed by atoms with van der Waals surface area (Å²) in [4.78, 5) is 89.6. The average molecular weight is 1230 g/mol. The van der Waals surface area contributed by atoms with Crippen LogP contribution in [0.3, 0.4) is 0 Å². The highest BCUT2D eigenvalue weighted by molar-refractivity contribution is 6.31. The molecule has 2 saturated heterocycles. The Morgan fingerprint density at radius 2 is 1.18 bits per heavy atom. The smallest absolute Gasteiger partial charge is 0.253 e. The van der Waals surface area contributed by atoms with Crippen molar-refractivity contribution in [1.82, 2.24) is 30.2 Å². The van der Waals surface area contributed by atoms with E-state index >= 15 is 0 Å². The largest absolute Gasteiger partial charge is 0.395 e. The first-order chi connectivity index (χ1) is 42.5. The van der Waals surface area contributed by atoms with E-state index in [4.69, 9.17) is 34.7 Å². The topological polar surface area (TPSA) is 212 Å². The van der Waals surface area contributed by atoms with E-state index in [1.165, 1.54) is 19.3 Å². The van der Waals surface area contributed by atoms with E-state index in [-0.39, 0.29) is 61.7 Å². The first-order valence-electron chi connectivity index (χ1n) is 30.9. The Kier molecular flexibility index (Phi) is 22.5. The molecule has 0 radical (unpaired) electrons. The second kappa shape index (κ2) is 30.5. The van der Waals surface area contributed by atoms with E-state index in [0.29, 0.717) is 85.5 Å². The molecule has 17 heteroatoms. The minimum atomic E-state index is -1.44. The summed E-state index contributed by atoms with van der Waals surface area (Å²) in [5.74, 6) is -2.16. The number of nitrogens with two attached hydrogens (primary N) is 2. The first kappa shape index (κ1) is 64.8. The molecule has 7 aromatic rings. The molecule has 2 heterocycles. The van der Waals surface area contributed by atoms with Gasteiger partial charge in [-0.1, -0.05) is 182 Å². The summed E-state index contributed by atoms with van der Waals surface area (Å²) in [5.41, 5.74) is 14.7. The van der Waals surface area contributed by atoms with Crippen molar-refractivity contribution in [1.29, 1.82) is 0 Å². The predicted octanol–water partition coefficient (Wildman–Crippen LogP) is 9.84. The van der Waals surface area contributed by atoms with Gasteiger partial charge in [0, 0.05) is 86.6 Å². The molecule has 2 aliphatic heterocycles. The number of fused-ring (bicyclic) bond motifs is 2. The number of hydrogen-bond acceptors (Lipinski definition) is 9. The molecule has 10 rings (SSSR count). The molecule has 6 amide bonds. The maximum atomic E-state index is 14.8. The second-order valence-corrected chi connectivity index (χ2v) is 24.6. The molecule has 88 heavy (non-hydrogen) atoms. The molecule has 1 saturated carbocycles. The van der Waals surface area contributed by atoms with Gasteiger partial charge >= 0.3 is 0 Å². The molecule has 3 aliphatic rings. The highest BCUT2D eigenvalue weighted by Gasteiger charge is 2.50. The first-order valence-corrected chi connectivity index (χ1v) is 31.7. The van der Waals surface area contributed by atoms with Gasteiger partial charge in [0.15, 0.2) is 0 Å². The number of primary amides is 2. The minimum absolute atomic E-state index is 0.0777. The lowest BCUT2D eigenvalue weighted by Crippen LogP contribution is -2.59. The van der Waals surface area contributed by atoms with Crippen molar-refractivity contribution in [2.45, 2.75) is 133 Å². The van der Waals surface area contributed by atoms with Crippen LogP contribution in [0.4, 0.5) is 0 Å². The van der Waals surface area contributed by atoms with Crippen LogP contribution in [0.5, 0.6) is 0 Å². The number of carbonyl (C=O) groups excluding carboxylic acids is 6. The lowest BCUT2D eigenvalue weighted by Gasteiger charge is -2.42. The van der Waals surface area contributed by atoms with E-state index in [1.54, 1.807) is 69.0 Å². The third kappa shape index (κ3) is 15.6. The number of rotatable bonds is 21. The number of halogens is 2. The Labute approximate surface area is 526 Å². The van der Waals surface area contributed by atoms with Crippen molar-refractivity contribution in [2.24, 2.45) is 11.5 Å². The van der Waals surface area contributed by atoms with Crippen molar-refractivity contribution in [2.75, 3.05) is 39.3 Å². The molecule has 462 valence electrons. The quantitative estimate of drug-likeness (QED) is 0.0463. The van der Waals surface area contributed by atoms with Crippen LogP contribution in [0.1, 0.15) is 105 Å². The minimum Gasteiger partial charge on any atom is -0.395 e. The van der Waals surface area contributed by atoms with Crippen LogP contribution < -0.4 is 22.1 Å². The summed E-state index contributed by atoms with van der Waals surface area (Å²) in [6.07, 6.45) is 8.54. The van der Waals surface area contributed by atoms with Gasteiger partial charge < -0.3 is 46.8 Å². The lowest BCUT2D eigenvalue weighted by atomic mass is 9.87. The number of carbonyl (C=O) groups is 6. The van der Waals surface area contributed by atoms with E-state index in [9.17, 15) is 33.9 Å². The number of aliphatic hydroxyl groups excluding tert-OH is 1. The summed E-state index contributed by atoms with van der Waals surface area (Å²) in [6.45, 7) is 5.40. The Morgan fingerprint density at radius 1 is 0.614 bits per heavy atom. The molecular weight excluding hydrogens is 1150 g/mol. The zero-order valence-electron chi connectivity index (χ0n) is 50.4. The third-order valence-electron chi connectivity index (χ3n) is 17.9. The zero-order chi connectivity index (χ0) is 62.3. The SMILES string of the molecule is CC1(c2cccc(Cl)c2)C(=O)N(C(Cc2cccc3ccccc23)C(N)=O)CCCN1C(=O)CCNC(CO)Cc1ccccc1.CC1CCN(C(Cc2cccc3ccccc23)C(N)=O)C(=O)C(c2cccc(Cl)c2)N1C(=O)CCNC1CCCCC1. The number of nitrogens with one attached hydrogen (secondary N) is 2. The third-order valence-corrected chi connectivity index (χ3v) is 18.4. The van der Waals surface area contributed by atoms with Crippen LogP contribution in [0, 0.1) is 0 Å². The van der Waals surface area contributed by atoms with Gasteiger partial charge in [-0.15, -0.1) is 0 Å². The van der Waals surface area contributed by atoms with Gasteiger partial charge in [0.05, 0.1) is 6.61 Å². The Bertz CT molecular complexity index is 3560. The second-order valence-electron chi connectivity index (χ2n) is 23.7. The van der Waals surface area contributed by atoms with E-state index in [0.717, 1.165) is 51.1 Å².